The number of anilines is 1. The molecule has 3 aromatic carbocycles. The predicted molar refractivity (Wildman–Crippen MR) is 131 cm³/mol. The number of nitrogens with two attached hydrogens (primary N) is 1. The zero-order valence-corrected chi connectivity index (χ0v) is 18.9. The lowest BCUT2D eigenvalue weighted by molar-refractivity contribution is 0.242. The highest BCUT2D eigenvalue weighted by molar-refractivity contribution is 6.30. The maximum absolute atomic E-state index is 12.7. The van der Waals surface area contributed by atoms with Gasteiger partial charge < -0.3 is 0 Å². The van der Waals surface area contributed by atoms with Crippen LogP contribution >= 0.6 is 11.6 Å². The van der Waals surface area contributed by atoms with Crippen LogP contribution in [-0.4, -0.2) is 26.5 Å². The van der Waals surface area contributed by atoms with E-state index in [0.717, 1.165) is 22.5 Å². The minimum absolute atomic E-state index is 0.527. The van der Waals surface area contributed by atoms with Gasteiger partial charge in [0.15, 0.2) is 12.0 Å². The minimum Gasteiger partial charge on any atom is -0.280 e. The molecule has 34 heavy (non-hydrogen) atoms. The standard InChI is InChI=1S/C24H21ClN8O/c1-15-29-30-23-22(31-33(24(34)28-26)18-7-3-2-4-8-18)27-21(16-11-13-17(25)14-12-16)19-9-5-6-10-20(19)32(15)23/h2-14,22,31H,26H2,1H3,(H,28,34). The number of nitrogens with zero attached hydrogens (tertiary/aromatic N) is 5. The Morgan fingerprint density at radius 3 is 2.44 bits per heavy atom. The maximum Gasteiger partial charge on any atom is 0.350 e. The number of benzene rings is 3. The van der Waals surface area contributed by atoms with Crippen LogP contribution in [0.3, 0.4) is 0 Å². The molecule has 0 fully saturated rings. The third-order valence-corrected chi connectivity index (χ3v) is 5.71. The number of aryl methyl sites for hydroxylation is 1. The van der Waals surface area contributed by atoms with Crippen LogP contribution in [0, 0.1) is 6.92 Å². The number of hydrogen-bond donors (Lipinski definition) is 3. The van der Waals surface area contributed by atoms with Gasteiger partial charge in [0, 0.05) is 16.1 Å². The molecule has 1 atom stereocenters. The molecular weight excluding hydrogens is 452 g/mol. The summed E-state index contributed by atoms with van der Waals surface area (Å²) in [7, 11) is 0. The zero-order valence-electron chi connectivity index (χ0n) is 18.2. The monoisotopic (exact) mass is 472 g/mol. The van der Waals surface area contributed by atoms with Gasteiger partial charge in [0.2, 0.25) is 0 Å². The van der Waals surface area contributed by atoms with E-state index in [0.29, 0.717) is 22.4 Å². The van der Waals surface area contributed by atoms with Crippen molar-refractivity contribution in [1.82, 2.24) is 25.6 Å². The number of para-hydroxylation sites is 2. The minimum atomic E-state index is -0.767. The van der Waals surface area contributed by atoms with E-state index in [9.17, 15) is 4.79 Å². The zero-order chi connectivity index (χ0) is 23.7. The van der Waals surface area contributed by atoms with Crippen molar-refractivity contribution in [3.05, 3.63) is 107 Å². The second-order valence-corrected chi connectivity index (χ2v) is 8.03. The van der Waals surface area contributed by atoms with Crippen molar-refractivity contribution >= 4 is 29.0 Å². The van der Waals surface area contributed by atoms with Gasteiger partial charge in [0.1, 0.15) is 5.82 Å². The van der Waals surface area contributed by atoms with Gasteiger partial charge in [-0.15, -0.1) is 10.2 Å². The summed E-state index contributed by atoms with van der Waals surface area (Å²) in [5, 5.41) is 10.6. The van der Waals surface area contributed by atoms with Gasteiger partial charge in [-0.1, -0.05) is 60.1 Å². The second-order valence-electron chi connectivity index (χ2n) is 7.59. The van der Waals surface area contributed by atoms with Crippen LogP contribution in [-0.2, 0) is 0 Å². The topological polar surface area (TPSA) is 113 Å². The molecule has 0 aliphatic carbocycles. The number of carbonyl (C=O) groups excluding carboxylic acids is 1. The highest BCUT2D eigenvalue weighted by atomic mass is 35.5. The van der Waals surface area contributed by atoms with E-state index in [1.807, 2.05) is 78.2 Å². The van der Waals surface area contributed by atoms with Crippen LogP contribution in [0.1, 0.15) is 28.9 Å². The van der Waals surface area contributed by atoms with E-state index < -0.39 is 12.2 Å². The molecule has 0 spiro atoms. The molecule has 4 aromatic rings. The lowest BCUT2D eigenvalue weighted by Crippen LogP contribution is -2.52. The lowest BCUT2D eigenvalue weighted by Gasteiger charge is -2.26. The van der Waals surface area contributed by atoms with Crippen molar-refractivity contribution in [2.75, 3.05) is 5.01 Å². The Kier molecular flexibility index (Phi) is 5.81. The van der Waals surface area contributed by atoms with Crippen molar-refractivity contribution in [3.63, 3.8) is 0 Å². The first-order chi connectivity index (χ1) is 16.6. The summed E-state index contributed by atoms with van der Waals surface area (Å²) in [6, 6.07) is 23.9. The fraction of sp³-hybridized carbons (Fsp3) is 0.0833. The van der Waals surface area contributed by atoms with E-state index in [2.05, 4.69) is 21.0 Å². The van der Waals surface area contributed by atoms with Gasteiger partial charge in [-0.25, -0.2) is 15.6 Å². The third kappa shape index (κ3) is 3.92. The summed E-state index contributed by atoms with van der Waals surface area (Å²) in [6.45, 7) is 1.87. The number of nitrogens with one attached hydrogen (secondary N) is 2. The van der Waals surface area contributed by atoms with Crippen molar-refractivity contribution in [2.24, 2.45) is 10.8 Å². The molecule has 0 bridgehead atoms. The van der Waals surface area contributed by atoms with Gasteiger partial charge in [-0.2, -0.15) is 5.43 Å². The van der Waals surface area contributed by atoms with Crippen LogP contribution in [0.2, 0.25) is 5.02 Å². The van der Waals surface area contributed by atoms with Gasteiger partial charge in [-0.05, 0) is 37.3 Å². The first-order valence-electron chi connectivity index (χ1n) is 10.5. The Hall–Kier alpha value is -4.05. The summed E-state index contributed by atoms with van der Waals surface area (Å²) >= 11 is 6.14. The molecule has 5 rings (SSSR count). The van der Waals surface area contributed by atoms with Crippen molar-refractivity contribution in [1.29, 1.82) is 0 Å². The number of halogens is 1. The van der Waals surface area contributed by atoms with Crippen LogP contribution in [0.25, 0.3) is 5.69 Å². The number of hydrazine groups is 2. The number of hydrogen-bond acceptors (Lipinski definition) is 6. The third-order valence-electron chi connectivity index (χ3n) is 5.46. The Morgan fingerprint density at radius 2 is 1.71 bits per heavy atom. The number of aromatic nitrogens is 3. The first kappa shape index (κ1) is 21.8. The average Bonchev–Trinajstić information content (AvgIpc) is 3.19. The number of rotatable bonds is 4. The van der Waals surface area contributed by atoms with Crippen LogP contribution < -0.4 is 21.7 Å². The number of fused-ring (bicyclic) bond motifs is 3. The average molecular weight is 473 g/mol. The van der Waals surface area contributed by atoms with Gasteiger partial charge in [0.05, 0.1) is 17.1 Å². The lowest BCUT2D eigenvalue weighted by atomic mass is 10.0. The van der Waals surface area contributed by atoms with Crippen LogP contribution in [0.15, 0.2) is 83.9 Å². The molecule has 10 heteroatoms. The fourth-order valence-electron chi connectivity index (χ4n) is 3.92. The van der Waals surface area contributed by atoms with Crippen molar-refractivity contribution in [3.8, 4) is 5.69 Å². The Labute approximate surface area is 200 Å². The molecule has 0 saturated carbocycles. The molecule has 2 heterocycles. The fourth-order valence-corrected chi connectivity index (χ4v) is 4.04. The Balaban J connectivity index is 1.70. The molecule has 1 aliphatic rings. The Bertz CT molecular complexity index is 1370. The van der Waals surface area contributed by atoms with Gasteiger partial charge in [-0.3, -0.25) is 15.0 Å². The van der Waals surface area contributed by atoms with Crippen molar-refractivity contribution < 1.29 is 4.79 Å². The highest BCUT2D eigenvalue weighted by Crippen LogP contribution is 2.30. The van der Waals surface area contributed by atoms with Gasteiger partial charge in [0.25, 0.3) is 0 Å². The van der Waals surface area contributed by atoms with E-state index in [-0.39, 0.29) is 0 Å². The normalized spacial score (nSPS) is 14.4. The molecule has 9 nitrogen and oxygen atoms in total. The summed E-state index contributed by atoms with van der Waals surface area (Å²) in [5.41, 5.74) is 9.31. The molecule has 170 valence electrons. The molecule has 1 unspecified atom stereocenters. The maximum atomic E-state index is 12.7. The summed E-state index contributed by atoms with van der Waals surface area (Å²) in [5.74, 6) is 6.70. The molecule has 0 saturated heterocycles. The summed E-state index contributed by atoms with van der Waals surface area (Å²) in [4.78, 5) is 17.7. The molecule has 1 aliphatic heterocycles. The molecule has 2 amide bonds. The first-order valence-corrected chi connectivity index (χ1v) is 10.9. The van der Waals surface area contributed by atoms with E-state index in [1.54, 1.807) is 12.1 Å². The largest absolute Gasteiger partial charge is 0.350 e. The molecular formula is C24H21ClN8O. The Morgan fingerprint density at radius 1 is 1.00 bits per heavy atom. The summed E-state index contributed by atoms with van der Waals surface area (Å²) < 4.78 is 1.93. The van der Waals surface area contributed by atoms with E-state index in [1.165, 1.54) is 5.01 Å². The molecule has 1 aromatic heterocycles. The van der Waals surface area contributed by atoms with E-state index >= 15 is 0 Å². The number of amides is 2. The highest BCUT2D eigenvalue weighted by Gasteiger charge is 2.30. The summed E-state index contributed by atoms with van der Waals surface area (Å²) in [6.07, 6.45) is -0.767. The number of aliphatic imine (C=N–C) groups is 1. The van der Waals surface area contributed by atoms with E-state index in [4.69, 9.17) is 22.4 Å². The predicted octanol–water partition coefficient (Wildman–Crippen LogP) is 3.67. The molecule has 4 N–H and O–H groups in total. The van der Waals surface area contributed by atoms with Crippen LogP contribution in [0.4, 0.5) is 10.5 Å². The number of carbonyl (C=O) groups is 1. The van der Waals surface area contributed by atoms with Crippen LogP contribution in [0.5, 0.6) is 0 Å². The SMILES string of the molecule is Cc1nnc2n1-c1ccccc1C(c1ccc(Cl)cc1)=NC2NN(C(=O)NN)c1ccccc1. The number of urea groups is 1. The second kappa shape index (κ2) is 9.06. The quantitative estimate of drug-likeness (QED) is 0.238. The molecule has 0 radical (unpaired) electrons. The smallest absolute Gasteiger partial charge is 0.280 e. The van der Waals surface area contributed by atoms with Crippen molar-refractivity contribution in [2.45, 2.75) is 13.1 Å². The van der Waals surface area contributed by atoms with Gasteiger partial charge >= 0.3 is 6.03 Å².